The average Bonchev–Trinajstić information content (AvgIpc) is 2.58. The lowest BCUT2D eigenvalue weighted by atomic mass is 10.2. The number of hydrogen-bond donors (Lipinski definition) is 1. The molecule has 0 saturated carbocycles. The third-order valence-corrected chi connectivity index (χ3v) is 3.74. The largest absolute Gasteiger partial charge is 0.493 e. The van der Waals surface area contributed by atoms with Gasteiger partial charge in [-0.3, -0.25) is 9.59 Å². The van der Waals surface area contributed by atoms with Crippen LogP contribution in [-0.4, -0.2) is 24.6 Å². The topological polar surface area (TPSA) is 64.6 Å². The highest BCUT2D eigenvalue weighted by Gasteiger charge is 2.18. The lowest BCUT2D eigenvalue weighted by Crippen LogP contribution is -2.30. The molecule has 2 aromatic rings. The summed E-state index contributed by atoms with van der Waals surface area (Å²) in [4.78, 5) is 24.0. The number of aryl methyl sites for hydroxylation is 2. The summed E-state index contributed by atoms with van der Waals surface area (Å²) in [6.45, 7) is 5.59. The van der Waals surface area contributed by atoms with E-state index in [1.165, 1.54) is 0 Å². The molecule has 0 spiro atoms. The lowest BCUT2D eigenvalue weighted by Gasteiger charge is -2.15. The highest BCUT2D eigenvalue weighted by Crippen LogP contribution is 2.16. The number of ether oxygens (including phenoxy) is 2. The van der Waals surface area contributed by atoms with Crippen LogP contribution in [0.3, 0.4) is 0 Å². The van der Waals surface area contributed by atoms with Crippen molar-refractivity contribution in [1.29, 1.82) is 0 Å². The van der Waals surface area contributed by atoms with Gasteiger partial charge in [0.1, 0.15) is 5.75 Å². The van der Waals surface area contributed by atoms with E-state index in [1.807, 2.05) is 56.3 Å². The number of nitrogens with one attached hydrogen (secondary N) is 1. The van der Waals surface area contributed by atoms with Crippen molar-refractivity contribution in [3.63, 3.8) is 0 Å². The zero-order valence-corrected chi connectivity index (χ0v) is 14.7. The highest BCUT2D eigenvalue weighted by molar-refractivity contribution is 5.95. The molecule has 0 aliphatic heterocycles. The molecule has 0 radical (unpaired) electrons. The van der Waals surface area contributed by atoms with Gasteiger partial charge in [-0.15, -0.1) is 0 Å². The smallest absolute Gasteiger partial charge is 0.310 e. The van der Waals surface area contributed by atoms with E-state index >= 15 is 0 Å². The highest BCUT2D eigenvalue weighted by atomic mass is 16.5. The van der Waals surface area contributed by atoms with Gasteiger partial charge >= 0.3 is 5.97 Å². The first-order valence-corrected chi connectivity index (χ1v) is 8.22. The second kappa shape index (κ2) is 8.87. The van der Waals surface area contributed by atoms with Gasteiger partial charge in [0.15, 0.2) is 6.10 Å². The zero-order valence-electron chi connectivity index (χ0n) is 14.7. The van der Waals surface area contributed by atoms with E-state index in [2.05, 4.69) is 5.32 Å². The van der Waals surface area contributed by atoms with E-state index in [4.69, 9.17) is 9.47 Å². The Morgan fingerprint density at radius 2 is 1.64 bits per heavy atom. The summed E-state index contributed by atoms with van der Waals surface area (Å²) in [5, 5.41) is 2.76. The van der Waals surface area contributed by atoms with E-state index < -0.39 is 12.1 Å². The normalized spacial score (nSPS) is 11.5. The molecule has 0 aliphatic carbocycles. The first-order chi connectivity index (χ1) is 12.0. The minimum Gasteiger partial charge on any atom is -0.493 e. The summed E-state index contributed by atoms with van der Waals surface area (Å²) < 4.78 is 10.7. The fraction of sp³-hybridized carbons (Fsp3) is 0.300. The van der Waals surface area contributed by atoms with Crippen LogP contribution in [0.2, 0.25) is 0 Å². The molecule has 5 nitrogen and oxygen atoms in total. The molecule has 0 bridgehead atoms. The predicted molar refractivity (Wildman–Crippen MR) is 96.7 cm³/mol. The van der Waals surface area contributed by atoms with Gasteiger partial charge in [0.05, 0.1) is 13.0 Å². The molecule has 2 aromatic carbocycles. The Bertz CT molecular complexity index is 742. The van der Waals surface area contributed by atoms with Crippen LogP contribution in [-0.2, 0) is 14.3 Å². The van der Waals surface area contributed by atoms with Crippen molar-refractivity contribution in [2.45, 2.75) is 33.3 Å². The summed E-state index contributed by atoms with van der Waals surface area (Å²) in [7, 11) is 0. The quantitative estimate of drug-likeness (QED) is 0.781. The van der Waals surface area contributed by atoms with E-state index in [1.54, 1.807) is 13.0 Å². The van der Waals surface area contributed by atoms with Crippen LogP contribution < -0.4 is 10.1 Å². The molecule has 1 atom stereocenters. The number of rotatable bonds is 7. The van der Waals surface area contributed by atoms with Crippen molar-refractivity contribution in [2.75, 3.05) is 11.9 Å². The third-order valence-electron chi connectivity index (χ3n) is 3.74. The van der Waals surface area contributed by atoms with Gasteiger partial charge in [0.2, 0.25) is 0 Å². The Hall–Kier alpha value is -2.82. The fourth-order valence-electron chi connectivity index (χ4n) is 2.22. The number of hydrogen-bond acceptors (Lipinski definition) is 4. The van der Waals surface area contributed by atoms with Crippen LogP contribution in [0.1, 0.15) is 24.5 Å². The lowest BCUT2D eigenvalue weighted by molar-refractivity contribution is -0.153. The van der Waals surface area contributed by atoms with Gasteiger partial charge in [-0.05, 0) is 44.0 Å². The third kappa shape index (κ3) is 5.64. The molecule has 132 valence electrons. The van der Waals surface area contributed by atoms with Gasteiger partial charge in [-0.1, -0.05) is 36.4 Å². The molecule has 1 N–H and O–H groups in total. The first-order valence-electron chi connectivity index (χ1n) is 8.22. The minimum atomic E-state index is -0.870. The van der Waals surface area contributed by atoms with Crippen LogP contribution in [0.4, 0.5) is 5.69 Å². The number of para-hydroxylation sites is 2. The van der Waals surface area contributed by atoms with Crippen LogP contribution in [0.25, 0.3) is 0 Å². The zero-order chi connectivity index (χ0) is 18.2. The first kappa shape index (κ1) is 18.5. The molecule has 0 aliphatic rings. The molecular formula is C20H23NO4. The molecule has 0 saturated heterocycles. The van der Waals surface area contributed by atoms with Gasteiger partial charge in [0, 0.05) is 5.69 Å². The van der Waals surface area contributed by atoms with E-state index in [9.17, 15) is 9.59 Å². The maximum Gasteiger partial charge on any atom is 0.310 e. The van der Waals surface area contributed by atoms with Crippen LogP contribution in [0.5, 0.6) is 5.75 Å². The Morgan fingerprint density at radius 3 is 2.32 bits per heavy atom. The van der Waals surface area contributed by atoms with Crippen LogP contribution in [0, 0.1) is 13.8 Å². The maximum atomic E-state index is 12.1. The summed E-state index contributed by atoms with van der Waals surface area (Å²) >= 11 is 0. The molecule has 5 heteroatoms. The van der Waals surface area contributed by atoms with Crippen molar-refractivity contribution in [3.8, 4) is 5.75 Å². The molecule has 1 unspecified atom stereocenters. The molecule has 0 heterocycles. The molecule has 0 fully saturated rings. The molecular weight excluding hydrogens is 318 g/mol. The Kier molecular flexibility index (Phi) is 6.57. The van der Waals surface area contributed by atoms with Crippen molar-refractivity contribution in [3.05, 3.63) is 59.7 Å². The van der Waals surface area contributed by atoms with E-state index in [-0.39, 0.29) is 18.9 Å². The molecule has 25 heavy (non-hydrogen) atoms. The predicted octanol–water partition coefficient (Wildman–Crippen LogP) is 3.64. The van der Waals surface area contributed by atoms with Crippen LogP contribution in [0.15, 0.2) is 48.5 Å². The Balaban J connectivity index is 1.77. The number of anilines is 1. The molecule has 1 amide bonds. The van der Waals surface area contributed by atoms with Crippen molar-refractivity contribution in [2.24, 2.45) is 0 Å². The van der Waals surface area contributed by atoms with Crippen molar-refractivity contribution in [1.82, 2.24) is 0 Å². The second-order valence-electron chi connectivity index (χ2n) is 5.80. The monoisotopic (exact) mass is 341 g/mol. The summed E-state index contributed by atoms with van der Waals surface area (Å²) in [5.74, 6) is -0.0934. The summed E-state index contributed by atoms with van der Waals surface area (Å²) in [5.41, 5.74) is 2.65. The SMILES string of the molecule is Cc1ccccc1NC(=O)C(C)OC(=O)CCOc1ccccc1C. The molecule has 0 aromatic heterocycles. The Labute approximate surface area is 148 Å². The number of amides is 1. The van der Waals surface area contributed by atoms with Crippen LogP contribution >= 0.6 is 0 Å². The van der Waals surface area contributed by atoms with Crippen molar-refractivity contribution >= 4 is 17.6 Å². The maximum absolute atomic E-state index is 12.1. The standard InChI is InChI=1S/C20H23NO4/c1-14-8-4-6-10-17(14)21-20(23)16(3)25-19(22)12-13-24-18-11-7-5-9-15(18)2/h4-11,16H,12-13H2,1-3H3,(H,21,23). The Morgan fingerprint density at radius 1 is 1.00 bits per heavy atom. The second-order valence-corrected chi connectivity index (χ2v) is 5.80. The van der Waals surface area contributed by atoms with Crippen molar-refractivity contribution < 1.29 is 19.1 Å². The summed E-state index contributed by atoms with van der Waals surface area (Å²) in [6.07, 6.45) is -0.790. The van der Waals surface area contributed by atoms with Gasteiger partial charge in [-0.2, -0.15) is 0 Å². The number of benzene rings is 2. The van der Waals surface area contributed by atoms with E-state index in [0.717, 1.165) is 16.9 Å². The van der Waals surface area contributed by atoms with Gasteiger partial charge < -0.3 is 14.8 Å². The fourth-order valence-corrected chi connectivity index (χ4v) is 2.22. The van der Waals surface area contributed by atoms with Gasteiger partial charge in [-0.25, -0.2) is 0 Å². The number of esters is 1. The number of carbonyl (C=O) groups excluding carboxylic acids is 2. The number of carbonyl (C=O) groups is 2. The minimum absolute atomic E-state index is 0.0797. The summed E-state index contributed by atoms with van der Waals surface area (Å²) in [6, 6.07) is 15.0. The molecule has 2 rings (SSSR count). The van der Waals surface area contributed by atoms with E-state index in [0.29, 0.717) is 5.69 Å². The van der Waals surface area contributed by atoms with Gasteiger partial charge in [0.25, 0.3) is 5.91 Å². The average molecular weight is 341 g/mol.